The van der Waals surface area contributed by atoms with Crippen molar-refractivity contribution >= 4 is 11.8 Å². The Hall–Kier alpha value is -2.56. The van der Waals surface area contributed by atoms with E-state index in [-0.39, 0.29) is 17.6 Å². The largest absolute Gasteiger partial charge is 0.459 e. The van der Waals surface area contributed by atoms with Gasteiger partial charge in [-0.05, 0) is 30.5 Å². The Labute approximate surface area is 128 Å². The van der Waals surface area contributed by atoms with Gasteiger partial charge in [0.05, 0.1) is 6.26 Å². The smallest absolute Gasteiger partial charge is 0.287 e. The van der Waals surface area contributed by atoms with Crippen LogP contribution in [0, 0.1) is 0 Å². The lowest BCUT2D eigenvalue weighted by Gasteiger charge is -2.24. The second-order valence-electron chi connectivity index (χ2n) is 5.33. The first-order valence-corrected chi connectivity index (χ1v) is 7.44. The van der Waals surface area contributed by atoms with E-state index in [0.29, 0.717) is 0 Å². The lowest BCUT2D eigenvalue weighted by Crippen LogP contribution is -2.41. The van der Waals surface area contributed by atoms with Crippen LogP contribution in [0.1, 0.15) is 35.0 Å². The molecule has 0 saturated carbocycles. The van der Waals surface area contributed by atoms with Crippen LogP contribution in [0.25, 0.3) is 0 Å². The molecule has 1 aliphatic rings. The summed E-state index contributed by atoms with van der Waals surface area (Å²) in [4.78, 5) is 26.8. The first kappa shape index (κ1) is 14.4. The van der Waals surface area contributed by atoms with Crippen molar-refractivity contribution in [3.05, 3.63) is 60.1 Å². The molecule has 0 aliphatic carbocycles. The molecule has 1 aromatic heterocycles. The van der Waals surface area contributed by atoms with Crippen molar-refractivity contribution in [3.8, 4) is 0 Å². The minimum atomic E-state index is -0.683. The van der Waals surface area contributed by atoms with E-state index in [9.17, 15) is 9.59 Å². The van der Waals surface area contributed by atoms with Crippen LogP contribution in [0.15, 0.2) is 53.1 Å². The number of hydrogen-bond acceptors (Lipinski definition) is 3. The summed E-state index contributed by atoms with van der Waals surface area (Å²) in [5.74, 6) is -0.245. The summed E-state index contributed by atoms with van der Waals surface area (Å²) in [6.07, 6.45) is 3.47. The van der Waals surface area contributed by atoms with Crippen molar-refractivity contribution in [3.63, 3.8) is 0 Å². The third kappa shape index (κ3) is 3.03. The van der Waals surface area contributed by atoms with Crippen LogP contribution >= 0.6 is 0 Å². The molecule has 1 aromatic carbocycles. The predicted molar refractivity (Wildman–Crippen MR) is 81.2 cm³/mol. The average molecular weight is 298 g/mol. The van der Waals surface area contributed by atoms with E-state index in [4.69, 9.17) is 4.42 Å². The maximum atomic E-state index is 12.7. The second-order valence-corrected chi connectivity index (χ2v) is 5.33. The van der Waals surface area contributed by atoms with Gasteiger partial charge in [-0.25, -0.2) is 0 Å². The Balaban J connectivity index is 1.82. The van der Waals surface area contributed by atoms with Gasteiger partial charge in [0, 0.05) is 13.1 Å². The van der Waals surface area contributed by atoms with Gasteiger partial charge in [0.15, 0.2) is 5.76 Å². The predicted octanol–water partition coefficient (Wildman–Crippen LogP) is 2.37. The lowest BCUT2D eigenvalue weighted by atomic mass is 10.1. The highest BCUT2D eigenvalue weighted by molar-refractivity contribution is 5.96. The molecule has 1 saturated heterocycles. The number of benzene rings is 1. The molecule has 2 amide bonds. The van der Waals surface area contributed by atoms with Crippen LogP contribution in [-0.2, 0) is 4.79 Å². The maximum Gasteiger partial charge on any atom is 0.287 e. The normalized spacial score (nSPS) is 15.5. The number of nitrogens with zero attached hydrogens (tertiary/aromatic N) is 1. The van der Waals surface area contributed by atoms with Crippen molar-refractivity contribution in [2.75, 3.05) is 13.1 Å². The zero-order chi connectivity index (χ0) is 15.4. The zero-order valence-corrected chi connectivity index (χ0v) is 12.2. The fourth-order valence-electron chi connectivity index (χ4n) is 2.66. The standard InChI is InChI=1S/C17H18N2O3/c20-16(14-9-6-12-22-14)18-15(13-7-2-1-3-8-13)17(21)19-10-4-5-11-19/h1-3,6-9,12,15H,4-5,10-11H2,(H,18,20)/t15-/m0/s1. The van der Waals surface area contributed by atoms with Crippen molar-refractivity contribution < 1.29 is 14.0 Å². The number of hydrogen-bond donors (Lipinski definition) is 1. The topological polar surface area (TPSA) is 62.6 Å². The molecule has 0 bridgehead atoms. The SMILES string of the molecule is O=C(N[C@H](C(=O)N1CCCC1)c1ccccc1)c1ccco1. The molecule has 5 nitrogen and oxygen atoms in total. The Morgan fingerprint density at radius 3 is 2.41 bits per heavy atom. The van der Waals surface area contributed by atoms with Crippen molar-refractivity contribution in [2.45, 2.75) is 18.9 Å². The highest BCUT2D eigenvalue weighted by atomic mass is 16.3. The monoisotopic (exact) mass is 298 g/mol. The first-order chi connectivity index (χ1) is 10.8. The molecule has 0 radical (unpaired) electrons. The summed E-state index contributed by atoms with van der Waals surface area (Å²) in [5, 5.41) is 2.79. The number of carbonyl (C=O) groups is 2. The second kappa shape index (κ2) is 6.47. The number of amides is 2. The Morgan fingerprint density at radius 1 is 1.05 bits per heavy atom. The summed E-state index contributed by atoms with van der Waals surface area (Å²) in [6.45, 7) is 1.50. The lowest BCUT2D eigenvalue weighted by molar-refractivity contribution is -0.132. The van der Waals surface area contributed by atoms with Crippen LogP contribution < -0.4 is 5.32 Å². The zero-order valence-electron chi connectivity index (χ0n) is 12.2. The Morgan fingerprint density at radius 2 is 1.77 bits per heavy atom. The highest BCUT2D eigenvalue weighted by Crippen LogP contribution is 2.20. The quantitative estimate of drug-likeness (QED) is 0.942. The fourth-order valence-corrected chi connectivity index (χ4v) is 2.66. The molecule has 1 fully saturated rings. The molecule has 3 rings (SSSR count). The summed E-state index contributed by atoms with van der Waals surface area (Å²) in [7, 11) is 0. The molecule has 2 aromatic rings. The molecular weight excluding hydrogens is 280 g/mol. The molecule has 0 spiro atoms. The van der Waals surface area contributed by atoms with Gasteiger partial charge >= 0.3 is 0 Å². The maximum absolute atomic E-state index is 12.7. The van der Waals surface area contributed by atoms with E-state index in [1.807, 2.05) is 30.3 Å². The summed E-state index contributed by atoms with van der Waals surface area (Å²) in [5.41, 5.74) is 0.777. The van der Waals surface area contributed by atoms with E-state index < -0.39 is 6.04 Å². The fraction of sp³-hybridized carbons (Fsp3) is 0.294. The van der Waals surface area contributed by atoms with Gasteiger partial charge in [-0.1, -0.05) is 30.3 Å². The molecule has 1 N–H and O–H groups in total. The van der Waals surface area contributed by atoms with Crippen LogP contribution in [0.4, 0.5) is 0 Å². The van der Waals surface area contributed by atoms with Gasteiger partial charge in [0.2, 0.25) is 5.91 Å². The van der Waals surface area contributed by atoms with E-state index in [1.165, 1.54) is 6.26 Å². The van der Waals surface area contributed by atoms with Gasteiger partial charge in [-0.3, -0.25) is 9.59 Å². The van der Waals surface area contributed by atoms with Gasteiger partial charge in [-0.2, -0.15) is 0 Å². The first-order valence-electron chi connectivity index (χ1n) is 7.44. The van der Waals surface area contributed by atoms with Crippen molar-refractivity contribution in [1.29, 1.82) is 0 Å². The highest BCUT2D eigenvalue weighted by Gasteiger charge is 2.29. The molecular formula is C17H18N2O3. The molecule has 2 heterocycles. The van der Waals surface area contributed by atoms with Crippen molar-refractivity contribution in [2.24, 2.45) is 0 Å². The van der Waals surface area contributed by atoms with Gasteiger partial charge in [-0.15, -0.1) is 0 Å². The molecule has 114 valence electrons. The molecule has 22 heavy (non-hydrogen) atoms. The minimum Gasteiger partial charge on any atom is -0.459 e. The van der Waals surface area contributed by atoms with Gasteiger partial charge < -0.3 is 14.6 Å². The van der Waals surface area contributed by atoms with E-state index in [0.717, 1.165) is 31.5 Å². The van der Waals surface area contributed by atoms with E-state index in [1.54, 1.807) is 17.0 Å². The van der Waals surface area contributed by atoms with Crippen LogP contribution in [0.2, 0.25) is 0 Å². The van der Waals surface area contributed by atoms with Crippen LogP contribution in [0.3, 0.4) is 0 Å². The Kier molecular flexibility index (Phi) is 4.23. The average Bonchev–Trinajstić information content (AvgIpc) is 3.25. The van der Waals surface area contributed by atoms with Crippen LogP contribution in [-0.4, -0.2) is 29.8 Å². The summed E-state index contributed by atoms with van der Waals surface area (Å²) < 4.78 is 5.10. The van der Waals surface area contributed by atoms with E-state index in [2.05, 4.69) is 5.32 Å². The summed E-state index contributed by atoms with van der Waals surface area (Å²) >= 11 is 0. The third-order valence-electron chi connectivity index (χ3n) is 3.82. The Bertz CT molecular complexity index is 631. The van der Waals surface area contributed by atoms with Gasteiger partial charge in [0.1, 0.15) is 6.04 Å². The third-order valence-corrected chi connectivity index (χ3v) is 3.82. The number of likely N-dealkylation sites (tertiary alicyclic amines) is 1. The van der Waals surface area contributed by atoms with Crippen molar-refractivity contribution in [1.82, 2.24) is 10.2 Å². The number of furan rings is 1. The number of nitrogens with one attached hydrogen (secondary N) is 1. The summed E-state index contributed by atoms with van der Waals surface area (Å²) in [6, 6.07) is 11.8. The minimum absolute atomic E-state index is 0.0661. The molecule has 1 atom stereocenters. The molecule has 5 heteroatoms. The number of carbonyl (C=O) groups excluding carboxylic acids is 2. The van der Waals surface area contributed by atoms with Crippen LogP contribution in [0.5, 0.6) is 0 Å². The number of rotatable bonds is 4. The molecule has 1 aliphatic heterocycles. The van der Waals surface area contributed by atoms with Gasteiger partial charge in [0.25, 0.3) is 5.91 Å². The molecule has 0 unspecified atom stereocenters. The van der Waals surface area contributed by atoms with E-state index >= 15 is 0 Å².